The fraction of sp³-hybridized carbons (Fsp3) is 0.500. The highest BCUT2D eigenvalue weighted by atomic mass is 32.2. The van der Waals surface area contributed by atoms with Crippen molar-refractivity contribution < 1.29 is 18.1 Å². The van der Waals surface area contributed by atoms with Crippen LogP contribution in [-0.2, 0) is 9.31 Å². The molecule has 0 N–H and O–H groups in total. The van der Waals surface area contributed by atoms with Crippen LogP contribution in [0.3, 0.4) is 0 Å². The first-order chi connectivity index (χ1) is 8.46. The molecule has 1 saturated heterocycles. The molecule has 0 atom stereocenters. The molecular weight excluding hydrogens is 257 g/mol. The Morgan fingerprint density at radius 3 is 2.56 bits per heavy atom. The van der Waals surface area contributed by atoms with Crippen molar-refractivity contribution in [1.82, 2.24) is 0 Å². The Morgan fingerprint density at radius 2 is 1.94 bits per heavy atom. The van der Waals surface area contributed by atoms with E-state index >= 15 is 0 Å². The van der Waals surface area contributed by atoms with Crippen LogP contribution < -0.4 is 5.46 Å². The van der Waals surface area contributed by atoms with Crippen molar-refractivity contribution in [2.24, 2.45) is 5.41 Å². The van der Waals surface area contributed by atoms with Gasteiger partial charge in [0.2, 0.25) is 0 Å². The van der Waals surface area contributed by atoms with Crippen LogP contribution in [0.4, 0.5) is 8.78 Å². The molecule has 2 nitrogen and oxygen atoms in total. The van der Waals surface area contributed by atoms with E-state index in [1.54, 1.807) is 18.2 Å². The minimum Gasteiger partial charge on any atom is -0.407 e. The van der Waals surface area contributed by atoms with Gasteiger partial charge in [0.1, 0.15) is 0 Å². The lowest BCUT2D eigenvalue weighted by Gasteiger charge is -2.33. The second kappa shape index (κ2) is 5.59. The molecule has 1 aliphatic rings. The zero-order valence-corrected chi connectivity index (χ0v) is 11.2. The average molecular weight is 272 g/mol. The van der Waals surface area contributed by atoms with Gasteiger partial charge in [-0.3, -0.25) is 0 Å². The molecule has 0 bridgehead atoms. The van der Waals surface area contributed by atoms with E-state index < -0.39 is 12.9 Å². The van der Waals surface area contributed by atoms with E-state index in [0.717, 1.165) is 5.46 Å². The van der Waals surface area contributed by atoms with Crippen molar-refractivity contribution in [1.29, 1.82) is 0 Å². The third-order valence-corrected chi connectivity index (χ3v) is 3.31. The van der Waals surface area contributed by atoms with Crippen LogP contribution in [0.15, 0.2) is 29.2 Å². The summed E-state index contributed by atoms with van der Waals surface area (Å²) >= 11 is 0.532. The molecule has 1 fully saturated rings. The van der Waals surface area contributed by atoms with Gasteiger partial charge >= 0.3 is 7.12 Å². The molecule has 0 radical (unpaired) electrons. The molecule has 0 spiro atoms. The van der Waals surface area contributed by atoms with Crippen molar-refractivity contribution in [3.63, 3.8) is 0 Å². The smallest absolute Gasteiger partial charge is 0.407 e. The minimum absolute atomic E-state index is 0.00579. The van der Waals surface area contributed by atoms with Gasteiger partial charge in [-0.1, -0.05) is 37.7 Å². The zero-order valence-electron chi connectivity index (χ0n) is 10.4. The van der Waals surface area contributed by atoms with Gasteiger partial charge in [-0.25, -0.2) is 0 Å². The van der Waals surface area contributed by atoms with Crippen LogP contribution >= 0.6 is 11.8 Å². The molecule has 1 aliphatic heterocycles. The maximum Gasteiger partial charge on any atom is 0.493 e. The van der Waals surface area contributed by atoms with Gasteiger partial charge in [0.05, 0.1) is 0 Å². The maximum absolute atomic E-state index is 12.3. The second-order valence-corrected chi connectivity index (χ2v) is 6.13. The fourth-order valence-corrected chi connectivity index (χ4v) is 2.29. The number of thioether (sulfide) groups is 1. The molecule has 1 aromatic rings. The molecule has 0 aromatic heterocycles. The van der Waals surface area contributed by atoms with Crippen LogP contribution in [0.25, 0.3) is 0 Å². The van der Waals surface area contributed by atoms with Gasteiger partial charge in [-0.15, -0.1) is 0 Å². The summed E-state index contributed by atoms with van der Waals surface area (Å²) < 4.78 is 35.8. The van der Waals surface area contributed by atoms with Gasteiger partial charge in [-0.05, 0) is 17.6 Å². The first kappa shape index (κ1) is 13.8. The van der Waals surface area contributed by atoms with Crippen molar-refractivity contribution in [2.45, 2.75) is 24.5 Å². The quantitative estimate of drug-likeness (QED) is 0.622. The van der Waals surface area contributed by atoms with Gasteiger partial charge < -0.3 is 9.31 Å². The Kier molecular flexibility index (Phi) is 4.30. The highest BCUT2D eigenvalue weighted by molar-refractivity contribution is 7.99. The minimum atomic E-state index is -2.41. The zero-order chi connectivity index (χ0) is 13.2. The summed E-state index contributed by atoms with van der Waals surface area (Å²) in [6, 6.07) is 6.93. The third-order valence-electron chi connectivity index (χ3n) is 2.61. The molecular formula is C12H15BF2O2S. The normalized spacial score (nSPS) is 19.3. The number of rotatable bonds is 3. The lowest BCUT2D eigenvalue weighted by molar-refractivity contribution is 0.0343. The Hall–Kier alpha value is -0.585. The molecule has 1 aromatic carbocycles. The molecule has 2 rings (SSSR count). The summed E-state index contributed by atoms with van der Waals surface area (Å²) in [4.78, 5) is 0.527. The lowest BCUT2D eigenvalue weighted by Crippen LogP contribution is -2.47. The van der Waals surface area contributed by atoms with Gasteiger partial charge in [0.25, 0.3) is 5.76 Å². The van der Waals surface area contributed by atoms with Gasteiger partial charge in [0, 0.05) is 23.5 Å². The van der Waals surface area contributed by atoms with E-state index in [2.05, 4.69) is 13.8 Å². The number of halogens is 2. The highest BCUT2D eigenvalue weighted by Crippen LogP contribution is 2.25. The molecule has 0 amide bonds. The number of hydrogen-bond donors (Lipinski definition) is 0. The third kappa shape index (κ3) is 3.70. The first-order valence-corrected chi connectivity index (χ1v) is 6.62. The van der Waals surface area contributed by atoms with Crippen molar-refractivity contribution in [3.8, 4) is 0 Å². The average Bonchev–Trinajstić information content (AvgIpc) is 2.28. The summed E-state index contributed by atoms with van der Waals surface area (Å²) in [5.41, 5.74) is 0.794. The van der Waals surface area contributed by atoms with Crippen molar-refractivity contribution in [2.75, 3.05) is 13.2 Å². The van der Waals surface area contributed by atoms with Crippen molar-refractivity contribution >= 4 is 24.3 Å². The van der Waals surface area contributed by atoms with E-state index in [4.69, 9.17) is 9.31 Å². The number of alkyl halides is 2. The summed E-state index contributed by atoms with van der Waals surface area (Å²) in [6.07, 6.45) is 0. The Bertz CT molecular complexity index is 405. The Morgan fingerprint density at radius 1 is 1.28 bits per heavy atom. The largest absolute Gasteiger partial charge is 0.493 e. The standard InChI is InChI=1S/C12H15BF2O2S/c1-12(2)7-16-13(17-8-12)9-4-3-5-10(6-9)18-11(14)15/h3-6,11H,7-8H2,1-2H3. The van der Waals surface area contributed by atoms with Crippen LogP contribution in [0.1, 0.15) is 13.8 Å². The molecule has 0 aliphatic carbocycles. The van der Waals surface area contributed by atoms with Crippen LogP contribution in [0.5, 0.6) is 0 Å². The Balaban J connectivity index is 2.05. The van der Waals surface area contributed by atoms with Gasteiger partial charge in [0.15, 0.2) is 0 Å². The maximum atomic E-state index is 12.3. The second-order valence-electron chi connectivity index (χ2n) is 5.07. The topological polar surface area (TPSA) is 18.5 Å². The van der Waals surface area contributed by atoms with Gasteiger partial charge in [-0.2, -0.15) is 8.78 Å². The molecule has 0 unspecified atom stereocenters. The fourth-order valence-electron chi connectivity index (χ4n) is 1.72. The predicted octanol–water partition coefficient (Wildman–Crippen LogP) is 2.77. The van der Waals surface area contributed by atoms with E-state index in [1.807, 2.05) is 6.07 Å². The van der Waals surface area contributed by atoms with Crippen molar-refractivity contribution in [3.05, 3.63) is 24.3 Å². The summed E-state index contributed by atoms with van der Waals surface area (Å²) in [6.45, 7) is 5.33. The molecule has 0 saturated carbocycles. The molecule has 98 valence electrons. The van der Waals surface area contributed by atoms with Crippen LogP contribution in [-0.4, -0.2) is 26.1 Å². The molecule has 6 heteroatoms. The SMILES string of the molecule is CC1(C)COB(c2cccc(SC(F)F)c2)OC1. The summed E-state index contributed by atoms with van der Waals surface area (Å²) in [5.74, 6) is -2.41. The van der Waals surface area contributed by atoms with Crippen LogP contribution in [0.2, 0.25) is 0 Å². The van der Waals surface area contributed by atoms with E-state index in [1.165, 1.54) is 0 Å². The van der Waals surface area contributed by atoms with E-state index in [0.29, 0.717) is 29.9 Å². The highest BCUT2D eigenvalue weighted by Gasteiger charge is 2.33. The van der Waals surface area contributed by atoms with Crippen LogP contribution in [0, 0.1) is 5.41 Å². The number of benzene rings is 1. The first-order valence-electron chi connectivity index (χ1n) is 5.74. The molecule has 1 heterocycles. The predicted molar refractivity (Wildman–Crippen MR) is 69.4 cm³/mol. The van der Waals surface area contributed by atoms with E-state index in [-0.39, 0.29) is 5.41 Å². The summed E-state index contributed by atoms with van der Waals surface area (Å²) in [5, 5.41) is 0. The number of hydrogen-bond acceptors (Lipinski definition) is 3. The molecule has 18 heavy (non-hydrogen) atoms. The van der Waals surface area contributed by atoms with E-state index in [9.17, 15) is 8.78 Å². The Labute approximate surface area is 110 Å². The monoisotopic (exact) mass is 272 g/mol. The lowest BCUT2D eigenvalue weighted by atomic mass is 9.76. The summed E-state index contributed by atoms with van der Waals surface area (Å²) in [7, 11) is -0.448.